The molecule has 6 heteroatoms. The first-order chi connectivity index (χ1) is 17.9. The van der Waals surface area contributed by atoms with E-state index >= 15 is 0 Å². The number of nitriles is 2. The highest BCUT2D eigenvalue weighted by molar-refractivity contribution is 6.13. The van der Waals surface area contributed by atoms with E-state index in [1.165, 1.54) is 6.08 Å². The molecule has 2 aliphatic rings. The maximum atomic E-state index is 14.7. The second-order valence-electron chi connectivity index (χ2n) is 9.40. The lowest BCUT2D eigenvalue weighted by atomic mass is 9.57. The summed E-state index contributed by atoms with van der Waals surface area (Å²) in [7, 11) is 0. The molecule has 0 unspecified atom stereocenters. The Kier molecular flexibility index (Phi) is 5.90. The van der Waals surface area contributed by atoms with Crippen molar-refractivity contribution in [2.75, 3.05) is 11.5 Å². The molecule has 5 rings (SSSR count). The highest BCUT2D eigenvalue weighted by atomic mass is 16.5. The summed E-state index contributed by atoms with van der Waals surface area (Å²) < 4.78 is 5.38. The third kappa shape index (κ3) is 3.37. The van der Waals surface area contributed by atoms with Gasteiger partial charge in [-0.25, -0.2) is 4.79 Å². The van der Waals surface area contributed by atoms with Crippen molar-refractivity contribution in [3.05, 3.63) is 113 Å². The summed E-state index contributed by atoms with van der Waals surface area (Å²) in [6.45, 7) is 4.04. The summed E-state index contributed by atoms with van der Waals surface area (Å²) in [5, 5.41) is 21.1. The number of fused-ring (bicyclic) bond motifs is 2. The topological polar surface area (TPSA) is 94.2 Å². The molecule has 37 heavy (non-hydrogen) atoms. The van der Waals surface area contributed by atoms with Gasteiger partial charge in [-0.2, -0.15) is 10.5 Å². The predicted octanol–water partition coefficient (Wildman–Crippen LogP) is 5.10. The van der Waals surface area contributed by atoms with Crippen LogP contribution in [-0.2, 0) is 26.3 Å². The predicted molar refractivity (Wildman–Crippen MR) is 138 cm³/mol. The molecule has 0 bridgehead atoms. The van der Waals surface area contributed by atoms with Crippen molar-refractivity contribution in [2.45, 2.75) is 31.7 Å². The first-order valence-electron chi connectivity index (χ1n) is 12.2. The number of hydrogen-bond acceptors (Lipinski definition) is 5. The number of ether oxygens (including phenoxy) is 1. The van der Waals surface area contributed by atoms with Gasteiger partial charge in [0, 0.05) is 17.2 Å². The number of amides is 1. The van der Waals surface area contributed by atoms with Gasteiger partial charge in [0.05, 0.1) is 25.3 Å². The van der Waals surface area contributed by atoms with E-state index in [1.807, 2.05) is 73.7 Å². The molecular formula is C31H25N3O3. The molecule has 182 valence electrons. The molecule has 0 radical (unpaired) electrons. The summed E-state index contributed by atoms with van der Waals surface area (Å²) in [5.41, 5.74) is 0.323. The van der Waals surface area contributed by atoms with Crippen molar-refractivity contribution in [1.29, 1.82) is 10.5 Å². The fourth-order valence-corrected chi connectivity index (χ4v) is 5.80. The summed E-state index contributed by atoms with van der Waals surface area (Å²) in [4.78, 5) is 29.7. The van der Waals surface area contributed by atoms with E-state index in [-0.39, 0.29) is 24.6 Å². The summed E-state index contributed by atoms with van der Waals surface area (Å²) >= 11 is 0. The van der Waals surface area contributed by atoms with Gasteiger partial charge in [0.25, 0.3) is 0 Å². The van der Waals surface area contributed by atoms with E-state index in [2.05, 4.69) is 12.1 Å². The number of benzene rings is 3. The van der Waals surface area contributed by atoms with E-state index in [0.29, 0.717) is 16.8 Å². The molecule has 3 aromatic rings. The van der Waals surface area contributed by atoms with Gasteiger partial charge in [0.15, 0.2) is 5.41 Å². The molecular weight excluding hydrogens is 462 g/mol. The number of anilines is 1. The van der Waals surface area contributed by atoms with E-state index in [1.54, 1.807) is 24.0 Å². The Morgan fingerprint density at radius 3 is 2.27 bits per heavy atom. The molecule has 1 aliphatic carbocycles. The zero-order valence-electron chi connectivity index (χ0n) is 20.6. The molecule has 0 aromatic heterocycles. The van der Waals surface area contributed by atoms with E-state index in [9.17, 15) is 20.1 Å². The van der Waals surface area contributed by atoms with Crippen LogP contribution in [0.2, 0.25) is 0 Å². The lowest BCUT2D eigenvalue weighted by Crippen LogP contribution is -2.52. The standard InChI is InChI=1S/C31H25N3O3/c1-3-37-28(35)24-17-30(19-32,20-33)31(27(24)23-15-13-21(2)14-16-23)25-11-7-8-12-26(25)34(29(31)36)18-22-9-5-4-6-10-22/h4-17,27H,3,18H2,1-2H3/t27-,31+/m0/s1. The number of aryl methyl sites for hydroxylation is 1. The maximum absolute atomic E-state index is 14.7. The van der Waals surface area contributed by atoms with Crippen LogP contribution in [-0.4, -0.2) is 18.5 Å². The Morgan fingerprint density at radius 1 is 0.973 bits per heavy atom. The van der Waals surface area contributed by atoms with Crippen molar-refractivity contribution in [2.24, 2.45) is 5.41 Å². The van der Waals surface area contributed by atoms with Gasteiger partial charge in [-0.1, -0.05) is 78.4 Å². The highest BCUT2D eigenvalue weighted by Gasteiger charge is 2.72. The second kappa shape index (κ2) is 9.08. The molecule has 1 aliphatic heterocycles. The van der Waals surface area contributed by atoms with Gasteiger partial charge in [-0.05, 0) is 42.7 Å². The average Bonchev–Trinajstić information content (AvgIpc) is 3.37. The molecule has 1 amide bonds. The van der Waals surface area contributed by atoms with Crippen molar-refractivity contribution in [3.8, 4) is 12.1 Å². The minimum Gasteiger partial charge on any atom is -0.463 e. The third-order valence-electron chi connectivity index (χ3n) is 7.40. The largest absolute Gasteiger partial charge is 0.463 e. The van der Waals surface area contributed by atoms with Crippen molar-refractivity contribution >= 4 is 17.6 Å². The first-order valence-corrected chi connectivity index (χ1v) is 12.2. The van der Waals surface area contributed by atoms with Gasteiger partial charge in [0.1, 0.15) is 5.41 Å². The van der Waals surface area contributed by atoms with Crippen LogP contribution < -0.4 is 4.90 Å². The first kappa shape index (κ1) is 24.0. The molecule has 0 saturated carbocycles. The minimum atomic E-state index is -1.93. The lowest BCUT2D eigenvalue weighted by molar-refractivity contribution is -0.139. The maximum Gasteiger partial charge on any atom is 0.334 e. The lowest BCUT2D eigenvalue weighted by Gasteiger charge is -2.38. The molecule has 2 atom stereocenters. The number of allylic oxidation sites excluding steroid dienone is 1. The Balaban J connectivity index is 1.82. The third-order valence-corrected chi connectivity index (χ3v) is 7.40. The monoisotopic (exact) mass is 487 g/mol. The molecule has 1 spiro atoms. The number of hydrogen-bond donors (Lipinski definition) is 0. The summed E-state index contributed by atoms with van der Waals surface area (Å²) in [5.74, 6) is -1.91. The van der Waals surface area contributed by atoms with E-state index in [0.717, 1.165) is 11.1 Å². The zero-order chi connectivity index (χ0) is 26.2. The number of carbonyl (C=O) groups excluding carboxylic acids is 2. The van der Waals surface area contributed by atoms with Crippen LogP contribution in [0.1, 0.15) is 35.1 Å². The van der Waals surface area contributed by atoms with Crippen molar-refractivity contribution in [1.82, 2.24) is 0 Å². The molecule has 3 aromatic carbocycles. The molecule has 0 saturated heterocycles. The molecule has 0 fully saturated rings. The fourth-order valence-electron chi connectivity index (χ4n) is 5.80. The Hall–Kier alpha value is -4.68. The fraction of sp³-hybridized carbons (Fsp3) is 0.226. The number of nitrogens with zero attached hydrogens (tertiary/aromatic N) is 3. The minimum absolute atomic E-state index is 0.126. The van der Waals surface area contributed by atoms with Crippen molar-refractivity contribution < 1.29 is 14.3 Å². The Bertz CT molecular complexity index is 1480. The normalized spacial score (nSPS) is 21.2. The zero-order valence-corrected chi connectivity index (χ0v) is 20.6. The van der Waals surface area contributed by atoms with Gasteiger partial charge in [-0.15, -0.1) is 0 Å². The summed E-state index contributed by atoms with van der Waals surface area (Å²) in [6, 6.07) is 28.7. The average molecular weight is 488 g/mol. The molecule has 6 nitrogen and oxygen atoms in total. The van der Waals surface area contributed by atoms with Gasteiger partial charge < -0.3 is 9.64 Å². The van der Waals surface area contributed by atoms with E-state index < -0.39 is 22.7 Å². The second-order valence-corrected chi connectivity index (χ2v) is 9.40. The number of carbonyl (C=O) groups is 2. The van der Waals surface area contributed by atoms with Crippen LogP contribution in [0.3, 0.4) is 0 Å². The van der Waals surface area contributed by atoms with Gasteiger partial charge >= 0.3 is 5.97 Å². The smallest absolute Gasteiger partial charge is 0.334 e. The van der Waals surface area contributed by atoms with Crippen LogP contribution in [0.5, 0.6) is 0 Å². The van der Waals surface area contributed by atoms with Gasteiger partial charge in [-0.3, -0.25) is 4.79 Å². The van der Waals surface area contributed by atoms with Crippen LogP contribution in [0, 0.1) is 35.0 Å². The van der Waals surface area contributed by atoms with Crippen molar-refractivity contribution in [3.63, 3.8) is 0 Å². The van der Waals surface area contributed by atoms with Crippen LogP contribution in [0.25, 0.3) is 0 Å². The molecule has 1 heterocycles. The van der Waals surface area contributed by atoms with Crippen LogP contribution >= 0.6 is 0 Å². The van der Waals surface area contributed by atoms with Crippen LogP contribution in [0.15, 0.2) is 90.5 Å². The number of esters is 1. The highest BCUT2D eigenvalue weighted by Crippen LogP contribution is 2.65. The van der Waals surface area contributed by atoms with E-state index in [4.69, 9.17) is 4.74 Å². The SMILES string of the molecule is CCOC(=O)C1=CC(C#N)(C#N)[C@@]2(C(=O)N(Cc3ccccc3)c3ccccc32)[C@H]1c1ccc(C)cc1. The van der Waals surface area contributed by atoms with Crippen LogP contribution in [0.4, 0.5) is 5.69 Å². The summed E-state index contributed by atoms with van der Waals surface area (Å²) in [6.07, 6.45) is 1.37. The van der Waals surface area contributed by atoms with Gasteiger partial charge in [0.2, 0.25) is 5.91 Å². The molecule has 0 N–H and O–H groups in total. The number of para-hydroxylation sites is 1. The Morgan fingerprint density at radius 2 is 1.62 bits per heavy atom. The Labute approximate surface area is 216 Å². The quantitative estimate of drug-likeness (QED) is 0.467. The number of rotatable bonds is 5.